The van der Waals surface area contributed by atoms with Gasteiger partial charge in [0.05, 0.1) is 18.7 Å². The highest BCUT2D eigenvalue weighted by atomic mass is 19.1. The molecule has 0 radical (unpaired) electrons. The highest BCUT2D eigenvalue weighted by molar-refractivity contribution is 5.74. The molecule has 28 heavy (non-hydrogen) atoms. The predicted molar refractivity (Wildman–Crippen MR) is 108 cm³/mol. The van der Waals surface area contributed by atoms with Crippen LogP contribution < -0.4 is 4.90 Å². The van der Waals surface area contributed by atoms with Crippen molar-refractivity contribution < 1.29 is 13.9 Å². The van der Waals surface area contributed by atoms with Gasteiger partial charge >= 0.3 is 5.97 Å². The molecule has 2 aromatic carbocycles. The van der Waals surface area contributed by atoms with E-state index in [4.69, 9.17) is 4.74 Å². The van der Waals surface area contributed by atoms with Gasteiger partial charge in [-0.1, -0.05) is 30.3 Å². The molecule has 0 amide bonds. The number of anilines is 1. The van der Waals surface area contributed by atoms with Crippen LogP contribution in [0.3, 0.4) is 0 Å². The first-order valence-electron chi connectivity index (χ1n) is 9.66. The molecule has 4 rings (SSSR count). The molecule has 4 nitrogen and oxygen atoms in total. The van der Waals surface area contributed by atoms with Crippen LogP contribution in [0.5, 0.6) is 0 Å². The van der Waals surface area contributed by atoms with E-state index in [0.29, 0.717) is 0 Å². The van der Waals surface area contributed by atoms with Crippen LogP contribution in [0.2, 0.25) is 0 Å². The summed E-state index contributed by atoms with van der Waals surface area (Å²) in [4.78, 5) is 19.0. The number of ether oxygens (including phenoxy) is 1. The molecular weight excluding hydrogens is 355 g/mol. The second kappa shape index (κ2) is 8.38. The lowest BCUT2D eigenvalue weighted by Gasteiger charge is -2.31. The summed E-state index contributed by atoms with van der Waals surface area (Å²) in [5.41, 5.74) is 5.34. The molecule has 0 saturated heterocycles. The summed E-state index contributed by atoms with van der Waals surface area (Å²) in [7, 11) is 0. The van der Waals surface area contributed by atoms with Crippen molar-refractivity contribution in [3.05, 3.63) is 76.7 Å². The van der Waals surface area contributed by atoms with E-state index in [2.05, 4.69) is 28.1 Å². The van der Waals surface area contributed by atoms with Crippen LogP contribution in [0.15, 0.2) is 59.2 Å². The van der Waals surface area contributed by atoms with Gasteiger partial charge in [0, 0.05) is 24.9 Å². The maximum Gasteiger partial charge on any atom is 0.310 e. The first-order valence-corrected chi connectivity index (χ1v) is 9.66. The fourth-order valence-corrected chi connectivity index (χ4v) is 3.64. The molecule has 0 N–H and O–H groups in total. The first-order chi connectivity index (χ1) is 13.7. The van der Waals surface area contributed by atoms with Gasteiger partial charge in [0.1, 0.15) is 12.4 Å². The highest BCUT2D eigenvalue weighted by Crippen LogP contribution is 2.29. The molecule has 0 aliphatic carbocycles. The van der Waals surface area contributed by atoms with Crippen molar-refractivity contribution in [2.45, 2.75) is 32.3 Å². The lowest BCUT2D eigenvalue weighted by molar-refractivity contribution is -0.144. The number of hydrogen-bond donors (Lipinski definition) is 0. The Labute approximate surface area is 164 Å². The lowest BCUT2D eigenvalue weighted by Crippen LogP contribution is -2.31. The summed E-state index contributed by atoms with van der Waals surface area (Å²) in [6.45, 7) is 1.96. The van der Waals surface area contributed by atoms with E-state index < -0.39 is 0 Å². The van der Waals surface area contributed by atoms with Crippen LogP contribution in [0.1, 0.15) is 29.5 Å². The third-order valence-corrected chi connectivity index (χ3v) is 5.09. The lowest BCUT2D eigenvalue weighted by atomic mass is 9.98. The number of aliphatic imine (C=N–C) groups is 1. The second-order valence-electron chi connectivity index (χ2n) is 7.19. The third kappa shape index (κ3) is 4.47. The Morgan fingerprint density at radius 2 is 1.96 bits per heavy atom. The molecule has 0 atom stereocenters. The van der Waals surface area contributed by atoms with Crippen LogP contribution in [-0.4, -0.2) is 25.3 Å². The Morgan fingerprint density at radius 1 is 1.14 bits per heavy atom. The Bertz CT molecular complexity index is 919. The molecule has 0 fully saturated rings. The molecule has 0 saturated carbocycles. The smallest absolute Gasteiger partial charge is 0.310 e. The van der Waals surface area contributed by atoms with E-state index in [-0.39, 0.29) is 24.8 Å². The van der Waals surface area contributed by atoms with E-state index in [1.165, 1.54) is 23.4 Å². The minimum Gasteiger partial charge on any atom is -0.461 e. The van der Waals surface area contributed by atoms with Gasteiger partial charge in [-0.3, -0.25) is 9.79 Å². The van der Waals surface area contributed by atoms with E-state index in [9.17, 15) is 9.18 Å². The summed E-state index contributed by atoms with van der Waals surface area (Å²) < 4.78 is 18.3. The van der Waals surface area contributed by atoms with Crippen molar-refractivity contribution in [1.82, 2.24) is 0 Å². The average Bonchev–Trinajstić information content (AvgIpc) is 3.21. The fraction of sp³-hybridized carbons (Fsp3) is 0.304. The zero-order valence-corrected chi connectivity index (χ0v) is 15.7. The van der Waals surface area contributed by atoms with Crippen LogP contribution >= 0.6 is 0 Å². The van der Waals surface area contributed by atoms with E-state index >= 15 is 0 Å². The molecular formula is C23H23FN2O2. The number of nitrogens with zero attached hydrogens (tertiary/aromatic N) is 2. The fourth-order valence-electron chi connectivity index (χ4n) is 3.64. The molecule has 2 aliphatic heterocycles. The first kappa shape index (κ1) is 18.4. The SMILES string of the molecule is O=C(Cc1ccc2c(c1)N(CC1=CCC=N1)CCC2)OCc1ccc(F)cc1. The van der Waals surface area contributed by atoms with E-state index in [0.717, 1.165) is 49.2 Å². The topological polar surface area (TPSA) is 41.9 Å². The summed E-state index contributed by atoms with van der Waals surface area (Å²) in [5, 5.41) is 0. The maximum atomic E-state index is 12.9. The Balaban J connectivity index is 1.40. The number of carbonyl (C=O) groups is 1. The second-order valence-corrected chi connectivity index (χ2v) is 7.19. The molecule has 2 aliphatic rings. The van der Waals surface area contributed by atoms with Crippen molar-refractivity contribution in [3.8, 4) is 0 Å². The molecule has 2 aromatic rings. The van der Waals surface area contributed by atoms with Gasteiger partial charge in [0.15, 0.2) is 0 Å². The monoisotopic (exact) mass is 378 g/mol. The molecule has 0 unspecified atom stereocenters. The Hall–Kier alpha value is -2.95. The zero-order valence-electron chi connectivity index (χ0n) is 15.7. The van der Waals surface area contributed by atoms with Gasteiger partial charge < -0.3 is 9.64 Å². The van der Waals surface area contributed by atoms with Crippen molar-refractivity contribution in [2.75, 3.05) is 18.0 Å². The highest BCUT2D eigenvalue weighted by Gasteiger charge is 2.19. The van der Waals surface area contributed by atoms with E-state index in [1.807, 2.05) is 12.3 Å². The summed E-state index contributed by atoms with van der Waals surface area (Å²) in [5.74, 6) is -0.581. The summed E-state index contributed by atoms with van der Waals surface area (Å²) in [6, 6.07) is 12.2. The average molecular weight is 378 g/mol. The Morgan fingerprint density at radius 3 is 2.75 bits per heavy atom. The van der Waals surface area contributed by atoms with Crippen molar-refractivity contribution in [2.24, 2.45) is 4.99 Å². The molecule has 144 valence electrons. The number of allylic oxidation sites excluding steroid dienone is 1. The number of fused-ring (bicyclic) bond motifs is 1. The Kier molecular flexibility index (Phi) is 5.51. The van der Waals surface area contributed by atoms with Crippen LogP contribution in [0.4, 0.5) is 10.1 Å². The molecule has 2 heterocycles. The summed E-state index contributed by atoms with van der Waals surface area (Å²) in [6.07, 6.45) is 7.42. The molecule has 5 heteroatoms. The number of esters is 1. The molecule has 0 aromatic heterocycles. The van der Waals surface area contributed by atoms with Crippen molar-refractivity contribution in [1.29, 1.82) is 0 Å². The van der Waals surface area contributed by atoms with Crippen LogP contribution in [0, 0.1) is 5.82 Å². The maximum absolute atomic E-state index is 12.9. The number of aryl methyl sites for hydroxylation is 1. The van der Waals surface area contributed by atoms with Gasteiger partial charge in [-0.15, -0.1) is 0 Å². The largest absolute Gasteiger partial charge is 0.461 e. The van der Waals surface area contributed by atoms with Gasteiger partial charge in [-0.2, -0.15) is 0 Å². The standard InChI is InChI=1S/C23H23FN2O2/c24-20-9-6-17(7-10-20)16-28-23(27)14-18-5-8-19-3-2-12-26(22(19)13-18)15-21-4-1-11-25-21/h4-11,13H,1-3,12,14-16H2. The van der Waals surface area contributed by atoms with E-state index in [1.54, 1.807) is 12.1 Å². The number of hydrogen-bond acceptors (Lipinski definition) is 4. The van der Waals surface area contributed by atoms with Gasteiger partial charge in [-0.25, -0.2) is 4.39 Å². The minimum atomic E-state index is -0.298. The number of benzene rings is 2. The van der Waals surface area contributed by atoms with Gasteiger partial charge in [-0.05, 0) is 47.7 Å². The van der Waals surface area contributed by atoms with Gasteiger partial charge in [0.25, 0.3) is 0 Å². The van der Waals surface area contributed by atoms with Crippen LogP contribution in [0.25, 0.3) is 0 Å². The molecule has 0 spiro atoms. The van der Waals surface area contributed by atoms with Crippen molar-refractivity contribution in [3.63, 3.8) is 0 Å². The number of carbonyl (C=O) groups excluding carboxylic acids is 1. The normalized spacial score (nSPS) is 15.3. The molecule has 0 bridgehead atoms. The predicted octanol–water partition coefficient (Wildman–Crippen LogP) is 4.22. The quantitative estimate of drug-likeness (QED) is 0.707. The minimum absolute atomic E-state index is 0.155. The summed E-state index contributed by atoms with van der Waals surface area (Å²) >= 11 is 0. The number of rotatable bonds is 6. The zero-order chi connectivity index (χ0) is 19.3. The van der Waals surface area contributed by atoms with Crippen molar-refractivity contribution >= 4 is 17.9 Å². The third-order valence-electron chi connectivity index (χ3n) is 5.09. The van der Waals surface area contributed by atoms with Gasteiger partial charge in [0.2, 0.25) is 0 Å². The van der Waals surface area contributed by atoms with Crippen LogP contribution in [-0.2, 0) is 29.0 Å². The number of halogens is 1.